The Bertz CT molecular complexity index is 720. The quantitative estimate of drug-likeness (QED) is 0.787. The summed E-state index contributed by atoms with van der Waals surface area (Å²) in [5, 5.41) is 9.35. The van der Waals surface area contributed by atoms with Gasteiger partial charge in [0.05, 0.1) is 17.3 Å². The van der Waals surface area contributed by atoms with E-state index in [-0.39, 0.29) is 6.04 Å². The second kappa shape index (κ2) is 5.50. The van der Waals surface area contributed by atoms with Crippen LogP contribution in [0.1, 0.15) is 29.4 Å². The summed E-state index contributed by atoms with van der Waals surface area (Å²) in [6, 6.07) is 7.63. The van der Waals surface area contributed by atoms with Gasteiger partial charge in [0.25, 0.3) is 0 Å². The Kier molecular flexibility index (Phi) is 3.84. The number of carboxylic acid groups (broad SMARTS) is 1. The van der Waals surface area contributed by atoms with E-state index in [0.29, 0.717) is 11.4 Å². The Balaban J connectivity index is 2.19. The highest BCUT2D eigenvalue weighted by Crippen LogP contribution is 2.43. The highest BCUT2D eigenvalue weighted by molar-refractivity contribution is 9.11. The van der Waals surface area contributed by atoms with E-state index in [9.17, 15) is 9.90 Å². The molecule has 3 rings (SSSR count). The molecule has 2 aromatic rings. The van der Waals surface area contributed by atoms with Gasteiger partial charge in [-0.3, -0.25) is 0 Å². The Morgan fingerprint density at radius 3 is 2.57 bits per heavy atom. The van der Waals surface area contributed by atoms with E-state index in [1.807, 2.05) is 22.8 Å². The van der Waals surface area contributed by atoms with Crippen LogP contribution < -0.4 is 4.74 Å². The minimum atomic E-state index is -0.895. The van der Waals surface area contributed by atoms with Crippen LogP contribution in [0.25, 0.3) is 11.3 Å². The van der Waals surface area contributed by atoms with Crippen LogP contribution in [0.15, 0.2) is 33.2 Å². The van der Waals surface area contributed by atoms with E-state index in [1.165, 1.54) is 0 Å². The maximum absolute atomic E-state index is 11.4. The number of aromatic carboxylic acids is 1. The number of methoxy groups -OCH3 is 1. The number of nitrogens with zero attached hydrogens (tertiary/aromatic N) is 1. The highest BCUT2D eigenvalue weighted by Gasteiger charge is 2.30. The fraction of sp³-hybridized carbons (Fsp3) is 0.267. The van der Waals surface area contributed by atoms with E-state index in [4.69, 9.17) is 4.74 Å². The van der Waals surface area contributed by atoms with Crippen molar-refractivity contribution in [2.75, 3.05) is 7.11 Å². The minimum Gasteiger partial charge on any atom is -0.496 e. The lowest BCUT2D eigenvalue weighted by atomic mass is 10.1. The molecule has 110 valence electrons. The summed E-state index contributed by atoms with van der Waals surface area (Å²) in [7, 11) is 1.61. The van der Waals surface area contributed by atoms with Gasteiger partial charge < -0.3 is 14.4 Å². The average Bonchev–Trinajstić information content (AvgIpc) is 3.18. The summed E-state index contributed by atoms with van der Waals surface area (Å²) in [5.41, 5.74) is 2.16. The number of benzene rings is 1. The number of aromatic nitrogens is 1. The maximum atomic E-state index is 11.4. The molecule has 1 heterocycles. The lowest BCUT2D eigenvalue weighted by Crippen LogP contribution is -2.08. The van der Waals surface area contributed by atoms with Crippen molar-refractivity contribution in [3.8, 4) is 17.0 Å². The molecule has 21 heavy (non-hydrogen) atoms. The number of carbonyl (C=O) groups is 1. The van der Waals surface area contributed by atoms with Gasteiger partial charge in [-0.2, -0.15) is 0 Å². The zero-order valence-corrected chi connectivity index (χ0v) is 14.4. The fourth-order valence-electron chi connectivity index (χ4n) is 2.45. The molecule has 1 fully saturated rings. The van der Waals surface area contributed by atoms with E-state index in [1.54, 1.807) is 13.2 Å². The van der Waals surface area contributed by atoms with E-state index in [2.05, 4.69) is 31.9 Å². The molecule has 0 unspecified atom stereocenters. The van der Waals surface area contributed by atoms with Crippen LogP contribution in [0.5, 0.6) is 5.75 Å². The summed E-state index contributed by atoms with van der Waals surface area (Å²) in [6.07, 6.45) is 2.04. The van der Waals surface area contributed by atoms with Gasteiger partial charge in [-0.15, -0.1) is 0 Å². The van der Waals surface area contributed by atoms with Gasteiger partial charge in [0, 0.05) is 16.1 Å². The molecule has 0 saturated heterocycles. The standard InChI is InChI=1S/C15H13Br2NO3/c1-21-14-6-9(10(16)7-11(14)17)12-4-5-13(15(19)20)18(12)8-2-3-8/h4-8H,2-3H2,1H3,(H,19,20). The van der Waals surface area contributed by atoms with Gasteiger partial charge in [0.2, 0.25) is 0 Å². The van der Waals surface area contributed by atoms with Gasteiger partial charge in [-0.1, -0.05) is 15.9 Å². The molecule has 1 aromatic heterocycles. The molecule has 0 bridgehead atoms. The topological polar surface area (TPSA) is 51.5 Å². The Morgan fingerprint density at radius 2 is 2.00 bits per heavy atom. The second-order valence-corrected chi connectivity index (χ2v) is 6.69. The molecule has 1 N–H and O–H groups in total. The first-order valence-corrected chi connectivity index (χ1v) is 8.09. The molecular weight excluding hydrogens is 402 g/mol. The van der Waals surface area contributed by atoms with E-state index < -0.39 is 5.97 Å². The summed E-state index contributed by atoms with van der Waals surface area (Å²) in [5.74, 6) is -0.179. The molecule has 0 amide bonds. The number of carboxylic acids is 1. The first-order valence-electron chi connectivity index (χ1n) is 6.51. The molecule has 1 saturated carbocycles. The van der Waals surface area contributed by atoms with Gasteiger partial charge in [-0.05, 0) is 53.0 Å². The van der Waals surface area contributed by atoms with Crippen molar-refractivity contribution in [3.63, 3.8) is 0 Å². The SMILES string of the molecule is COc1cc(-c2ccc(C(=O)O)n2C2CC2)c(Br)cc1Br. The third-order valence-electron chi connectivity index (χ3n) is 3.57. The molecule has 0 spiro atoms. The van der Waals surface area contributed by atoms with Gasteiger partial charge >= 0.3 is 5.97 Å². The summed E-state index contributed by atoms with van der Waals surface area (Å²) in [4.78, 5) is 11.4. The third kappa shape index (κ3) is 2.62. The van der Waals surface area contributed by atoms with Crippen LogP contribution in [-0.4, -0.2) is 22.8 Å². The lowest BCUT2D eigenvalue weighted by molar-refractivity contribution is 0.0685. The van der Waals surface area contributed by atoms with Crippen molar-refractivity contribution in [1.82, 2.24) is 4.57 Å². The molecular formula is C15H13Br2NO3. The second-order valence-electron chi connectivity index (χ2n) is 4.98. The van der Waals surface area contributed by atoms with Crippen LogP contribution in [0.4, 0.5) is 0 Å². The first-order chi connectivity index (χ1) is 10.0. The smallest absolute Gasteiger partial charge is 0.352 e. The predicted molar refractivity (Wildman–Crippen MR) is 87.1 cm³/mol. The van der Waals surface area contributed by atoms with Crippen LogP contribution >= 0.6 is 31.9 Å². The first kappa shape index (κ1) is 14.7. The average molecular weight is 415 g/mol. The monoisotopic (exact) mass is 413 g/mol. The van der Waals surface area contributed by atoms with Crippen LogP contribution in [0.3, 0.4) is 0 Å². The number of hydrogen-bond acceptors (Lipinski definition) is 2. The Morgan fingerprint density at radius 1 is 1.29 bits per heavy atom. The van der Waals surface area contributed by atoms with Crippen molar-refractivity contribution in [2.45, 2.75) is 18.9 Å². The minimum absolute atomic E-state index is 0.280. The van der Waals surface area contributed by atoms with Crippen molar-refractivity contribution in [1.29, 1.82) is 0 Å². The van der Waals surface area contributed by atoms with E-state index in [0.717, 1.165) is 33.0 Å². The fourth-order valence-corrected chi connectivity index (χ4v) is 3.81. The van der Waals surface area contributed by atoms with Crippen LogP contribution in [-0.2, 0) is 0 Å². The zero-order valence-electron chi connectivity index (χ0n) is 11.3. The molecule has 0 aliphatic heterocycles. The van der Waals surface area contributed by atoms with Crippen molar-refractivity contribution < 1.29 is 14.6 Å². The molecule has 4 nitrogen and oxygen atoms in total. The van der Waals surface area contributed by atoms with Gasteiger partial charge in [0.1, 0.15) is 11.4 Å². The van der Waals surface area contributed by atoms with Gasteiger partial charge in [-0.25, -0.2) is 4.79 Å². The molecule has 6 heteroatoms. The number of halogens is 2. The van der Waals surface area contributed by atoms with Crippen molar-refractivity contribution in [2.24, 2.45) is 0 Å². The highest BCUT2D eigenvalue weighted by atomic mass is 79.9. The lowest BCUT2D eigenvalue weighted by Gasteiger charge is -2.14. The molecule has 0 atom stereocenters. The van der Waals surface area contributed by atoms with E-state index >= 15 is 0 Å². The Labute approximate surface area is 139 Å². The Hall–Kier alpha value is -1.27. The largest absolute Gasteiger partial charge is 0.496 e. The normalized spacial score (nSPS) is 14.2. The van der Waals surface area contributed by atoms with Gasteiger partial charge in [0.15, 0.2) is 0 Å². The van der Waals surface area contributed by atoms with Crippen molar-refractivity contribution in [3.05, 3.63) is 38.9 Å². The predicted octanol–water partition coefficient (Wildman–Crippen LogP) is 4.72. The molecule has 1 aromatic carbocycles. The number of ether oxygens (including phenoxy) is 1. The van der Waals surface area contributed by atoms with Crippen LogP contribution in [0.2, 0.25) is 0 Å². The zero-order chi connectivity index (χ0) is 15.1. The molecule has 1 aliphatic rings. The van der Waals surface area contributed by atoms with Crippen LogP contribution in [0, 0.1) is 0 Å². The summed E-state index contributed by atoms with van der Waals surface area (Å²) >= 11 is 7.00. The number of rotatable bonds is 4. The third-order valence-corrected chi connectivity index (χ3v) is 4.84. The molecule has 0 radical (unpaired) electrons. The maximum Gasteiger partial charge on any atom is 0.352 e. The van der Waals surface area contributed by atoms with Crippen molar-refractivity contribution >= 4 is 37.8 Å². The molecule has 1 aliphatic carbocycles. The summed E-state index contributed by atoms with van der Waals surface area (Å²) < 4.78 is 9.00. The summed E-state index contributed by atoms with van der Waals surface area (Å²) in [6.45, 7) is 0. The number of hydrogen-bond donors (Lipinski definition) is 1.